The summed E-state index contributed by atoms with van der Waals surface area (Å²) in [5.74, 6) is -2.87. The highest BCUT2D eigenvalue weighted by Crippen LogP contribution is 2.36. The molecule has 0 fully saturated rings. The van der Waals surface area contributed by atoms with Gasteiger partial charge in [-0.3, -0.25) is 4.79 Å². The quantitative estimate of drug-likeness (QED) is 0.676. The molecule has 1 aliphatic rings. The van der Waals surface area contributed by atoms with Gasteiger partial charge >= 0.3 is 12.1 Å². The van der Waals surface area contributed by atoms with Gasteiger partial charge in [-0.1, -0.05) is 23.7 Å². The summed E-state index contributed by atoms with van der Waals surface area (Å²) in [6.07, 6.45) is -5.12. The molecular formula is C19H15ClF5NO2. The van der Waals surface area contributed by atoms with Gasteiger partial charge in [-0.2, -0.15) is 13.2 Å². The van der Waals surface area contributed by atoms with Crippen molar-refractivity contribution in [1.29, 1.82) is 0 Å². The number of carbonyl (C=O) groups excluding carboxylic acids is 1. The van der Waals surface area contributed by atoms with Gasteiger partial charge in [0.05, 0.1) is 5.02 Å². The second-order valence-corrected chi connectivity index (χ2v) is 6.74. The van der Waals surface area contributed by atoms with Crippen LogP contribution in [0.3, 0.4) is 0 Å². The van der Waals surface area contributed by atoms with Gasteiger partial charge in [0.2, 0.25) is 0 Å². The molecule has 0 aliphatic carbocycles. The Labute approximate surface area is 162 Å². The summed E-state index contributed by atoms with van der Waals surface area (Å²) in [7, 11) is 0. The van der Waals surface area contributed by atoms with Crippen LogP contribution in [0.2, 0.25) is 5.02 Å². The van der Waals surface area contributed by atoms with Gasteiger partial charge in [-0.05, 0) is 42.2 Å². The first-order valence-electron chi connectivity index (χ1n) is 8.40. The lowest BCUT2D eigenvalue weighted by Gasteiger charge is -2.21. The van der Waals surface area contributed by atoms with Crippen molar-refractivity contribution >= 4 is 17.5 Å². The van der Waals surface area contributed by atoms with Crippen LogP contribution in [0.15, 0.2) is 30.3 Å². The first-order chi connectivity index (χ1) is 13.2. The molecule has 0 N–H and O–H groups in total. The first kappa shape index (κ1) is 20.4. The van der Waals surface area contributed by atoms with Crippen molar-refractivity contribution in [3.05, 3.63) is 63.7 Å². The lowest BCUT2D eigenvalue weighted by Crippen LogP contribution is -2.42. The highest BCUT2D eigenvalue weighted by Gasteiger charge is 2.43. The minimum absolute atomic E-state index is 0.0171. The maximum atomic E-state index is 14.4. The fourth-order valence-corrected chi connectivity index (χ4v) is 3.37. The molecule has 0 bridgehead atoms. The number of carbonyl (C=O) groups is 1. The number of hydrogen-bond acceptors (Lipinski definition) is 2. The Balaban J connectivity index is 1.85. The first-order valence-corrected chi connectivity index (χ1v) is 8.77. The van der Waals surface area contributed by atoms with Crippen LogP contribution in [0.25, 0.3) is 0 Å². The molecule has 2 aromatic rings. The fourth-order valence-electron chi connectivity index (χ4n) is 3.10. The summed E-state index contributed by atoms with van der Waals surface area (Å²) >= 11 is 6.10. The Morgan fingerprint density at radius 3 is 2.29 bits per heavy atom. The lowest BCUT2D eigenvalue weighted by molar-refractivity contribution is -0.185. The Kier molecular flexibility index (Phi) is 5.79. The number of rotatable bonds is 3. The van der Waals surface area contributed by atoms with E-state index in [-0.39, 0.29) is 48.9 Å². The predicted molar refractivity (Wildman–Crippen MR) is 92.2 cm³/mol. The van der Waals surface area contributed by atoms with E-state index in [1.54, 1.807) is 0 Å². The molecule has 0 saturated heterocycles. The Hall–Kier alpha value is -2.35. The zero-order valence-electron chi connectivity index (χ0n) is 14.5. The van der Waals surface area contributed by atoms with Gasteiger partial charge in [0.1, 0.15) is 24.0 Å². The zero-order valence-corrected chi connectivity index (χ0v) is 15.2. The summed E-state index contributed by atoms with van der Waals surface area (Å²) in [5.41, 5.74) is 1.15. The van der Waals surface area contributed by atoms with Crippen molar-refractivity contribution in [2.45, 2.75) is 25.6 Å². The third-order valence-electron chi connectivity index (χ3n) is 4.49. The van der Waals surface area contributed by atoms with Gasteiger partial charge in [-0.15, -0.1) is 0 Å². The number of nitrogens with zero attached hydrogens (tertiary/aromatic N) is 1. The molecule has 0 spiro atoms. The van der Waals surface area contributed by atoms with E-state index in [9.17, 15) is 26.7 Å². The molecule has 0 unspecified atom stereocenters. The van der Waals surface area contributed by atoms with Crippen LogP contribution in [-0.4, -0.2) is 30.1 Å². The molecule has 0 atom stereocenters. The number of halogens is 6. The summed E-state index contributed by atoms with van der Waals surface area (Å²) in [4.78, 5) is 12.2. The molecule has 3 rings (SSSR count). The molecule has 28 heavy (non-hydrogen) atoms. The summed E-state index contributed by atoms with van der Waals surface area (Å²) < 4.78 is 71.2. The summed E-state index contributed by atoms with van der Waals surface area (Å²) in [5, 5.41) is -0.0195. The van der Waals surface area contributed by atoms with Crippen molar-refractivity contribution in [3.63, 3.8) is 0 Å². The van der Waals surface area contributed by atoms with E-state index < -0.39 is 23.7 Å². The van der Waals surface area contributed by atoms with E-state index in [1.165, 1.54) is 24.3 Å². The van der Waals surface area contributed by atoms with E-state index in [0.717, 1.165) is 6.07 Å². The summed E-state index contributed by atoms with van der Waals surface area (Å²) in [6.45, 7) is -0.484. The van der Waals surface area contributed by atoms with Gasteiger partial charge in [0, 0.05) is 18.7 Å². The van der Waals surface area contributed by atoms with Gasteiger partial charge in [-0.25, -0.2) is 8.78 Å². The molecule has 0 radical (unpaired) electrons. The van der Waals surface area contributed by atoms with Gasteiger partial charge in [0.25, 0.3) is 0 Å². The normalized spacial score (nSPS) is 14.4. The average molecular weight is 420 g/mol. The number of benzene rings is 2. The molecule has 9 heteroatoms. The molecule has 1 heterocycles. The molecule has 0 saturated carbocycles. The second kappa shape index (κ2) is 7.95. The minimum atomic E-state index is -4.99. The average Bonchev–Trinajstić information content (AvgIpc) is 2.85. The topological polar surface area (TPSA) is 29.5 Å². The molecule has 3 nitrogen and oxygen atoms in total. The van der Waals surface area contributed by atoms with Crippen molar-refractivity contribution in [2.24, 2.45) is 0 Å². The molecular weight excluding hydrogens is 405 g/mol. The SMILES string of the molecule is O=C(N1CCc2c(F)cc(Cl)c(OCc3ccc(F)cc3)c2CC1)C(F)(F)F. The standard InChI is InChI=1S/C19H15ClF5NO2/c20-15-9-16(22)13-5-7-26(18(27)19(23,24)25)8-6-14(13)17(15)28-10-11-1-3-12(21)4-2-11/h1-4,9H,5-8,10H2. The Morgan fingerprint density at radius 2 is 1.68 bits per heavy atom. The lowest BCUT2D eigenvalue weighted by atomic mass is 10.0. The van der Waals surface area contributed by atoms with E-state index in [1.807, 2.05) is 0 Å². The molecule has 1 amide bonds. The van der Waals surface area contributed by atoms with E-state index in [0.29, 0.717) is 16.0 Å². The molecule has 0 aromatic heterocycles. The van der Waals surface area contributed by atoms with Crippen molar-refractivity contribution in [2.75, 3.05) is 13.1 Å². The van der Waals surface area contributed by atoms with Crippen LogP contribution in [0.1, 0.15) is 16.7 Å². The monoisotopic (exact) mass is 419 g/mol. The van der Waals surface area contributed by atoms with Crippen LogP contribution in [0, 0.1) is 11.6 Å². The Bertz CT molecular complexity index is 883. The van der Waals surface area contributed by atoms with E-state index in [2.05, 4.69) is 0 Å². The second-order valence-electron chi connectivity index (χ2n) is 6.33. The third-order valence-corrected chi connectivity index (χ3v) is 4.77. The number of fused-ring (bicyclic) bond motifs is 1. The highest BCUT2D eigenvalue weighted by molar-refractivity contribution is 6.32. The van der Waals surface area contributed by atoms with Crippen LogP contribution in [0.4, 0.5) is 22.0 Å². The largest absolute Gasteiger partial charge is 0.487 e. The maximum absolute atomic E-state index is 14.4. The molecule has 150 valence electrons. The van der Waals surface area contributed by atoms with Crippen LogP contribution >= 0.6 is 11.6 Å². The molecule has 2 aromatic carbocycles. The highest BCUT2D eigenvalue weighted by atomic mass is 35.5. The van der Waals surface area contributed by atoms with Crippen molar-refractivity contribution < 1.29 is 31.5 Å². The fraction of sp³-hybridized carbons (Fsp3) is 0.316. The van der Waals surface area contributed by atoms with E-state index >= 15 is 0 Å². The third kappa shape index (κ3) is 4.38. The smallest absolute Gasteiger partial charge is 0.471 e. The number of hydrogen-bond donors (Lipinski definition) is 0. The van der Waals surface area contributed by atoms with E-state index in [4.69, 9.17) is 16.3 Å². The number of amides is 1. The molecule has 1 aliphatic heterocycles. The van der Waals surface area contributed by atoms with Crippen LogP contribution in [0.5, 0.6) is 5.75 Å². The van der Waals surface area contributed by atoms with Crippen LogP contribution in [-0.2, 0) is 24.2 Å². The number of alkyl halides is 3. The Morgan fingerprint density at radius 1 is 1.07 bits per heavy atom. The zero-order chi connectivity index (χ0) is 20.5. The number of ether oxygens (including phenoxy) is 1. The van der Waals surface area contributed by atoms with Crippen molar-refractivity contribution in [3.8, 4) is 5.75 Å². The van der Waals surface area contributed by atoms with Crippen molar-refractivity contribution in [1.82, 2.24) is 4.90 Å². The minimum Gasteiger partial charge on any atom is -0.487 e. The van der Waals surface area contributed by atoms with Gasteiger partial charge < -0.3 is 9.64 Å². The van der Waals surface area contributed by atoms with Crippen LogP contribution < -0.4 is 4.74 Å². The predicted octanol–water partition coefficient (Wildman–Crippen LogP) is 4.69. The maximum Gasteiger partial charge on any atom is 0.471 e. The van der Waals surface area contributed by atoms with Gasteiger partial charge in [0.15, 0.2) is 0 Å². The summed E-state index contributed by atoms with van der Waals surface area (Å²) in [6, 6.07) is 6.57.